The zero-order valence-corrected chi connectivity index (χ0v) is 9.72. The van der Waals surface area contributed by atoms with Crippen LogP contribution >= 0.6 is 22.7 Å². The van der Waals surface area contributed by atoms with Crippen molar-refractivity contribution in [2.24, 2.45) is 0 Å². The molecule has 2 heterocycles. The van der Waals surface area contributed by atoms with Gasteiger partial charge < -0.3 is 10.2 Å². The van der Waals surface area contributed by atoms with Gasteiger partial charge in [-0.1, -0.05) is 12.1 Å². The van der Waals surface area contributed by atoms with E-state index in [4.69, 9.17) is 0 Å². The molecule has 0 bridgehead atoms. The number of hydrogen-bond acceptors (Lipinski definition) is 5. The van der Waals surface area contributed by atoms with Crippen LogP contribution in [0.1, 0.15) is 14.5 Å². The quantitative estimate of drug-likeness (QED) is 0.499. The third kappa shape index (κ3) is 2.00. The molecule has 0 aliphatic rings. The lowest BCUT2D eigenvalue weighted by Crippen LogP contribution is -2.03. The summed E-state index contributed by atoms with van der Waals surface area (Å²) >= 11 is 2.48. The van der Waals surface area contributed by atoms with Crippen LogP contribution in [0.4, 0.5) is 0 Å². The SMILES string of the molecule is O=C(/C(O)=C(\O)c1cccs1)c1cccs1. The van der Waals surface area contributed by atoms with Crippen molar-refractivity contribution >= 4 is 34.2 Å². The van der Waals surface area contributed by atoms with Crippen molar-refractivity contribution in [3.05, 3.63) is 50.5 Å². The van der Waals surface area contributed by atoms with Gasteiger partial charge in [0.25, 0.3) is 0 Å². The molecule has 2 aromatic rings. The number of hydrogen-bond donors (Lipinski definition) is 2. The van der Waals surface area contributed by atoms with Crippen LogP contribution in [0, 0.1) is 0 Å². The van der Waals surface area contributed by atoms with Gasteiger partial charge in [0.1, 0.15) is 0 Å². The lowest BCUT2D eigenvalue weighted by Gasteiger charge is -2.00. The summed E-state index contributed by atoms with van der Waals surface area (Å²) in [4.78, 5) is 12.6. The number of aliphatic hydroxyl groups is 2. The molecule has 16 heavy (non-hydrogen) atoms. The molecule has 2 rings (SSSR count). The van der Waals surface area contributed by atoms with Crippen molar-refractivity contribution < 1.29 is 15.0 Å². The molecule has 0 amide bonds. The van der Waals surface area contributed by atoms with Crippen molar-refractivity contribution in [3.63, 3.8) is 0 Å². The molecule has 5 heteroatoms. The van der Waals surface area contributed by atoms with Gasteiger partial charge in [-0.2, -0.15) is 0 Å². The number of ketones is 1. The van der Waals surface area contributed by atoms with Gasteiger partial charge in [-0.3, -0.25) is 4.79 Å². The molecule has 0 saturated carbocycles. The Morgan fingerprint density at radius 1 is 1.00 bits per heavy atom. The van der Waals surface area contributed by atoms with Gasteiger partial charge in [0.15, 0.2) is 5.76 Å². The Balaban J connectivity index is 2.35. The Morgan fingerprint density at radius 3 is 2.06 bits per heavy atom. The van der Waals surface area contributed by atoms with Gasteiger partial charge in [0, 0.05) is 0 Å². The molecule has 3 nitrogen and oxygen atoms in total. The largest absolute Gasteiger partial charge is 0.503 e. The molecular weight excluding hydrogens is 244 g/mol. The van der Waals surface area contributed by atoms with Crippen LogP contribution in [-0.4, -0.2) is 16.0 Å². The predicted molar refractivity (Wildman–Crippen MR) is 65.1 cm³/mol. The van der Waals surface area contributed by atoms with Crippen molar-refractivity contribution in [2.45, 2.75) is 0 Å². The minimum absolute atomic E-state index is 0.367. The molecule has 0 fully saturated rings. The average Bonchev–Trinajstić information content (AvgIpc) is 2.97. The molecule has 2 aromatic heterocycles. The minimum Gasteiger partial charge on any atom is -0.503 e. The fraction of sp³-hybridized carbons (Fsp3) is 0. The molecule has 2 N–H and O–H groups in total. The lowest BCUT2D eigenvalue weighted by atomic mass is 10.2. The van der Waals surface area contributed by atoms with Gasteiger partial charge in [0.2, 0.25) is 11.5 Å². The Hall–Kier alpha value is -1.59. The van der Waals surface area contributed by atoms with E-state index in [2.05, 4.69) is 0 Å². The predicted octanol–water partition coefficient (Wildman–Crippen LogP) is 3.48. The van der Waals surface area contributed by atoms with Gasteiger partial charge >= 0.3 is 0 Å². The Morgan fingerprint density at radius 2 is 1.56 bits per heavy atom. The first-order valence-electron chi connectivity index (χ1n) is 4.44. The first-order chi connectivity index (χ1) is 7.70. The summed E-state index contributed by atoms with van der Waals surface area (Å²) in [5, 5.41) is 22.8. The van der Waals surface area contributed by atoms with Crippen LogP contribution < -0.4 is 0 Å². The average molecular weight is 252 g/mol. The van der Waals surface area contributed by atoms with Gasteiger partial charge in [0.05, 0.1) is 9.75 Å². The molecular formula is C11H8O3S2. The summed E-state index contributed by atoms with van der Waals surface area (Å²) in [6.07, 6.45) is 0. The first-order valence-corrected chi connectivity index (χ1v) is 6.20. The number of carbonyl (C=O) groups excluding carboxylic acids is 1. The van der Waals surface area contributed by atoms with Crippen molar-refractivity contribution in [1.29, 1.82) is 0 Å². The zero-order chi connectivity index (χ0) is 11.5. The first kappa shape index (κ1) is 10.9. The maximum atomic E-state index is 11.7. The molecule has 0 aliphatic carbocycles. The molecule has 82 valence electrons. The van der Waals surface area contributed by atoms with E-state index >= 15 is 0 Å². The van der Waals surface area contributed by atoms with E-state index in [-0.39, 0.29) is 5.76 Å². The smallest absolute Gasteiger partial charge is 0.241 e. The van der Waals surface area contributed by atoms with Crippen molar-refractivity contribution in [1.82, 2.24) is 0 Å². The Labute approximate surface area is 99.9 Å². The highest BCUT2D eigenvalue weighted by Crippen LogP contribution is 2.23. The second-order valence-electron chi connectivity index (χ2n) is 2.98. The molecule has 0 atom stereocenters. The van der Waals surface area contributed by atoms with Crippen LogP contribution in [0.25, 0.3) is 5.76 Å². The summed E-state index contributed by atoms with van der Waals surface area (Å²) in [5.74, 6) is -1.53. The third-order valence-corrected chi connectivity index (χ3v) is 3.68. The van der Waals surface area contributed by atoms with Crippen molar-refractivity contribution in [3.8, 4) is 0 Å². The Kier molecular flexibility index (Phi) is 3.07. The number of aliphatic hydroxyl groups excluding tert-OH is 2. The number of allylic oxidation sites excluding steroid dienone is 1. The number of thiophene rings is 2. The lowest BCUT2D eigenvalue weighted by molar-refractivity contribution is 0.0979. The van der Waals surface area contributed by atoms with E-state index in [1.807, 2.05) is 0 Å². The molecule has 0 radical (unpaired) electrons. The molecule has 0 saturated heterocycles. The fourth-order valence-corrected chi connectivity index (χ4v) is 2.50. The normalized spacial score (nSPS) is 12.2. The van der Waals surface area contributed by atoms with E-state index < -0.39 is 11.5 Å². The highest BCUT2D eigenvalue weighted by atomic mass is 32.1. The molecule has 0 aliphatic heterocycles. The van der Waals surface area contributed by atoms with E-state index in [9.17, 15) is 15.0 Å². The highest BCUT2D eigenvalue weighted by Gasteiger charge is 2.18. The summed E-state index contributed by atoms with van der Waals surface area (Å²) < 4.78 is 0. The van der Waals surface area contributed by atoms with Gasteiger partial charge in [-0.05, 0) is 22.9 Å². The summed E-state index contributed by atoms with van der Waals surface area (Å²) in [6.45, 7) is 0. The molecule has 0 spiro atoms. The maximum absolute atomic E-state index is 11.7. The summed E-state index contributed by atoms with van der Waals surface area (Å²) in [5.41, 5.74) is 0. The van der Waals surface area contributed by atoms with Gasteiger partial charge in [-0.15, -0.1) is 22.7 Å². The summed E-state index contributed by atoms with van der Waals surface area (Å²) in [7, 11) is 0. The third-order valence-electron chi connectivity index (χ3n) is 1.94. The van der Waals surface area contributed by atoms with Crippen molar-refractivity contribution in [2.75, 3.05) is 0 Å². The van der Waals surface area contributed by atoms with Crippen LogP contribution in [0.5, 0.6) is 0 Å². The number of rotatable bonds is 3. The van der Waals surface area contributed by atoms with Crippen LogP contribution in [0.15, 0.2) is 40.8 Å². The number of Topliss-reactive ketones (excluding diaryl/α,β-unsaturated/α-hetero) is 1. The number of carbonyl (C=O) groups is 1. The second kappa shape index (κ2) is 4.51. The standard InChI is InChI=1S/C11H8O3S2/c12-9(7-3-1-5-15-7)11(14)10(13)8-4-2-6-16-8/h1-6,12,14H/b11-9+. The fourth-order valence-electron chi connectivity index (χ4n) is 1.16. The van der Waals surface area contributed by atoms with Gasteiger partial charge in [-0.25, -0.2) is 0 Å². The zero-order valence-electron chi connectivity index (χ0n) is 8.08. The topological polar surface area (TPSA) is 57.5 Å². The van der Waals surface area contributed by atoms with Crippen LogP contribution in [0.3, 0.4) is 0 Å². The summed E-state index contributed by atoms with van der Waals surface area (Å²) in [6, 6.07) is 6.69. The minimum atomic E-state index is -0.607. The van der Waals surface area contributed by atoms with Crippen LogP contribution in [-0.2, 0) is 0 Å². The molecule has 0 aromatic carbocycles. The van der Waals surface area contributed by atoms with E-state index in [1.54, 1.807) is 35.0 Å². The highest BCUT2D eigenvalue weighted by molar-refractivity contribution is 7.12. The monoisotopic (exact) mass is 252 g/mol. The van der Waals surface area contributed by atoms with E-state index in [1.165, 1.54) is 22.7 Å². The Bertz CT molecular complexity index is 509. The molecule has 0 unspecified atom stereocenters. The van der Waals surface area contributed by atoms with E-state index in [0.717, 1.165) is 0 Å². The van der Waals surface area contributed by atoms with E-state index in [0.29, 0.717) is 9.75 Å². The second-order valence-corrected chi connectivity index (χ2v) is 4.88. The van der Waals surface area contributed by atoms with Crippen LogP contribution in [0.2, 0.25) is 0 Å². The maximum Gasteiger partial charge on any atom is 0.241 e.